The van der Waals surface area contributed by atoms with Gasteiger partial charge in [-0.3, -0.25) is 14.5 Å². The lowest BCUT2D eigenvalue weighted by Gasteiger charge is -2.36. The van der Waals surface area contributed by atoms with Gasteiger partial charge in [-0.1, -0.05) is 66.2 Å². The van der Waals surface area contributed by atoms with Crippen LogP contribution in [0.3, 0.4) is 0 Å². The summed E-state index contributed by atoms with van der Waals surface area (Å²) in [5.74, 6) is -0.193. The van der Waals surface area contributed by atoms with E-state index in [4.69, 9.17) is 0 Å². The van der Waals surface area contributed by atoms with Gasteiger partial charge in [-0.15, -0.1) is 11.3 Å². The van der Waals surface area contributed by atoms with Gasteiger partial charge in [0.05, 0.1) is 4.88 Å². The van der Waals surface area contributed by atoms with Gasteiger partial charge in [-0.2, -0.15) is 0 Å². The summed E-state index contributed by atoms with van der Waals surface area (Å²) in [6.45, 7) is 6.01. The van der Waals surface area contributed by atoms with Gasteiger partial charge in [0, 0.05) is 39.1 Å². The normalized spacial score (nSPS) is 15.3. The fraction of sp³-hybridized carbons (Fsp3) is 0.308. The monoisotopic (exact) mass is 447 g/mol. The topological polar surface area (TPSA) is 52.6 Å². The average molecular weight is 448 g/mol. The number of nitrogens with zero attached hydrogens (tertiary/aromatic N) is 2. The highest BCUT2D eigenvalue weighted by atomic mass is 32.1. The first-order valence-corrected chi connectivity index (χ1v) is 11.9. The Hall–Kier alpha value is -2.96. The summed E-state index contributed by atoms with van der Waals surface area (Å²) in [5.41, 5.74) is 3.60. The molecule has 0 bridgehead atoms. The molecule has 2 aromatic carbocycles. The molecular weight excluding hydrogens is 418 g/mol. The molecular formula is C26H29N3O2S. The van der Waals surface area contributed by atoms with E-state index in [1.807, 2.05) is 46.7 Å². The Morgan fingerprint density at radius 1 is 0.938 bits per heavy atom. The summed E-state index contributed by atoms with van der Waals surface area (Å²) in [5, 5.41) is 4.86. The van der Waals surface area contributed by atoms with Crippen LogP contribution in [0, 0.1) is 6.92 Å². The van der Waals surface area contributed by atoms with Gasteiger partial charge < -0.3 is 10.2 Å². The van der Waals surface area contributed by atoms with Gasteiger partial charge in [0.15, 0.2) is 0 Å². The number of hydrogen-bond donors (Lipinski definition) is 1. The van der Waals surface area contributed by atoms with Crippen molar-refractivity contribution in [2.75, 3.05) is 26.2 Å². The number of aryl methyl sites for hydroxylation is 1. The minimum atomic E-state index is -0.574. The van der Waals surface area contributed by atoms with Crippen LogP contribution in [0.2, 0.25) is 0 Å². The lowest BCUT2D eigenvalue weighted by molar-refractivity contribution is -0.135. The van der Waals surface area contributed by atoms with E-state index in [1.165, 1.54) is 22.5 Å². The van der Waals surface area contributed by atoms with Crippen LogP contribution in [0.25, 0.3) is 0 Å². The molecule has 0 spiro atoms. The highest BCUT2D eigenvalue weighted by Gasteiger charge is 2.29. The Morgan fingerprint density at radius 2 is 1.69 bits per heavy atom. The number of hydrogen-bond acceptors (Lipinski definition) is 4. The molecule has 1 unspecified atom stereocenters. The number of amides is 2. The quantitative estimate of drug-likeness (QED) is 0.600. The van der Waals surface area contributed by atoms with E-state index in [1.54, 1.807) is 6.07 Å². The van der Waals surface area contributed by atoms with Gasteiger partial charge >= 0.3 is 0 Å². The van der Waals surface area contributed by atoms with Crippen molar-refractivity contribution in [1.29, 1.82) is 0 Å². The lowest BCUT2D eigenvalue weighted by Crippen LogP contribution is -2.55. The molecule has 1 aliphatic rings. The van der Waals surface area contributed by atoms with Crippen molar-refractivity contribution in [3.8, 4) is 0 Å². The van der Waals surface area contributed by atoms with E-state index in [0.717, 1.165) is 25.2 Å². The molecule has 1 atom stereocenters. The number of benzene rings is 2. The predicted octanol–water partition coefficient (Wildman–Crippen LogP) is 3.74. The second-order valence-electron chi connectivity index (χ2n) is 8.28. The number of thiophene rings is 1. The van der Waals surface area contributed by atoms with E-state index in [0.29, 0.717) is 24.4 Å². The zero-order chi connectivity index (χ0) is 22.3. The Balaban J connectivity index is 1.39. The largest absolute Gasteiger partial charge is 0.339 e. The van der Waals surface area contributed by atoms with Crippen molar-refractivity contribution in [1.82, 2.24) is 15.1 Å². The average Bonchev–Trinajstić information content (AvgIpc) is 3.35. The molecule has 1 saturated heterocycles. The molecule has 166 valence electrons. The van der Waals surface area contributed by atoms with Crippen molar-refractivity contribution in [2.45, 2.75) is 25.9 Å². The Bertz CT molecular complexity index is 1030. The summed E-state index contributed by atoms with van der Waals surface area (Å²) in [6, 6.07) is 21.5. The second-order valence-corrected chi connectivity index (χ2v) is 9.23. The standard InChI is InChI=1S/C26H29N3O2S/c1-20-7-5-10-22(17-20)19-28-12-14-29(15-13-28)26(31)23(18-21-8-3-2-4-9-21)27-25(30)24-11-6-16-32-24/h2-11,16-17,23H,12-15,18-19H2,1H3,(H,27,30). The van der Waals surface area contributed by atoms with Crippen LogP contribution in [0.5, 0.6) is 0 Å². The molecule has 3 aromatic rings. The van der Waals surface area contributed by atoms with Crippen molar-refractivity contribution in [3.63, 3.8) is 0 Å². The van der Waals surface area contributed by atoms with Crippen LogP contribution in [0.4, 0.5) is 0 Å². The molecule has 2 heterocycles. The minimum absolute atomic E-state index is 0.00559. The van der Waals surface area contributed by atoms with Crippen LogP contribution in [-0.2, 0) is 17.8 Å². The summed E-state index contributed by atoms with van der Waals surface area (Å²) >= 11 is 1.39. The fourth-order valence-corrected chi connectivity index (χ4v) is 4.73. The molecule has 0 aliphatic carbocycles. The summed E-state index contributed by atoms with van der Waals surface area (Å²) in [6.07, 6.45) is 0.486. The highest BCUT2D eigenvalue weighted by Crippen LogP contribution is 2.14. The molecule has 1 N–H and O–H groups in total. The number of rotatable bonds is 7. The van der Waals surface area contributed by atoms with Gasteiger partial charge in [0.1, 0.15) is 6.04 Å². The van der Waals surface area contributed by atoms with Crippen molar-refractivity contribution in [2.24, 2.45) is 0 Å². The number of nitrogens with one attached hydrogen (secondary N) is 1. The maximum atomic E-state index is 13.4. The van der Waals surface area contributed by atoms with Crippen LogP contribution in [-0.4, -0.2) is 53.8 Å². The minimum Gasteiger partial charge on any atom is -0.339 e. The molecule has 1 fully saturated rings. The van der Waals surface area contributed by atoms with Crippen LogP contribution >= 0.6 is 11.3 Å². The smallest absolute Gasteiger partial charge is 0.262 e. The molecule has 5 nitrogen and oxygen atoms in total. The van der Waals surface area contributed by atoms with Gasteiger partial charge in [-0.05, 0) is 29.5 Å². The van der Waals surface area contributed by atoms with Crippen molar-refractivity contribution in [3.05, 3.63) is 93.7 Å². The molecule has 0 radical (unpaired) electrons. The zero-order valence-corrected chi connectivity index (χ0v) is 19.2. The van der Waals surface area contributed by atoms with Crippen LogP contribution in [0.1, 0.15) is 26.4 Å². The summed E-state index contributed by atoms with van der Waals surface area (Å²) < 4.78 is 0. The van der Waals surface area contributed by atoms with Crippen LogP contribution < -0.4 is 5.32 Å². The lowest BCUT2D eigenvalue weighted by atomic mass is 10.0. The molecule has 32 heavy (non-hydrogen) atoms. The first-order chi connectivity index (χ1) is 15.6. The van der Waals surface area contributed by atoms with E-state index in [9.17, 15) is 9.59 Å². The third kappa shape index (κ3) is 5.84. The van der Waals surface area contributed by atoms with Crippen molar-refractivity contribution >= 4 is 23.2 Å². The molecule has 1 aromatic heterocycles. The number of carbonyl (C=O) groups is 2. The molecule has 4 rings (SSSR count). The number of carbonyl (C=O) groups excluding carboxylic acids is 2. The van der Waals surface area contributed by atoms with E-state index in [2.05, 4.69) is 41.4 Å². The first-order valence-electron chi connectivity index (χ1n) is 11.0. The molecule has 1 aliphatic heterocycles. The Morgan fingerprint density at radius 3 is 2.38 bits per heavy atom. The first kappa shape index (κ1) is 22.2. The fourth-order valence-electron chi connectivity index (χ4n) is 4.10. The van der Waals surface area contributed by atoms with E-state index >= 15 is 0 Å². The zero-order valence-electron chi connectivity index (χ0n) is 18.4. The van der Waals surface area contributed by atoms with E-state index in [-0.39, 0.29) is 11.8 Å². The summed E-state index contributed by atoms with van der Waals surface area (Å²) in [4.78, 5) is 31.0. The molecule has 2 amide bonds. The molecule has 0 saturated carbocycles. The van der Waals surface area contributed by atoms with Crippen molar-refractivity contribution < 1.29 is 9.59 Å². The van der Waals surface area contributed by atoms with Crippen LogP contribution in [0.15, 0.2) is 72.1 Å². The number of piperazine rings is 1. The third-order valence-corrected chi connectivity index (χ3v) is 6.67. The Labute approximate surface area is 193 Å². The third-order valence-electron chi connectivity index (χ3n) is 5.80. The highest BCUT2D eigenvalue weighted by molar-refractivity contribution is 7.12. The second kappa shape index (κ2) is 10.6. The molecule has 6 heteroatoms. The van der Waals surface area contributed by atoms with Gasteiger partial charge in [0.25, 0.3) is 5.91 Å². The maximum absolute atomic E-state index is 13.4. The SMILES string of the molecule is Cc1cccc(CN2CCN(C(=O)C(Cc3ccccc3)NC(=O)c3cccs3)CC2)c1. The maximum Gasteiger partial charge on any atom is 0.262 e. The van der Waals surface area contributed by atoms with E-state index < -0.39 is 6.04 Å². The van der Waals surface area contributed by atoms with Gasteiger partial charge in [0.2, 0.25) is 5.91 Å². The summed E-state index contributed by atoms with van der Waals surface area (Å²) in [7, 11) is 0. The predicted molar refractivity (Wildman–Crippen MR) is 129 cm³/mol. The van der Waals surface area contributed by atoms with Gasteiger partial charge in [-0.25, -0.2) is 0 Å². The Kier molecular flexibility index (Phi) is 7.35.